The van der Waals surface area contributed by atoms with Gasteiger partial charge in [0.15, 0.2) is 11.2 Å². The normalized spacial score (nSPS) is 11.1. The maximum atomic E-state index is 12.4. The zero-order valence-corrected chi connectivity index (χ0v) is 15.4. The van der Waals surface area contributed by atoms with Crippen LogP contribution in [-0.2, 0) is 32.0 Å². The predicted molar refractivity (Wildman–Crippen MR) is 98.3 cm³/mol. The molecule has 0 bridgehead atoms. The number of rotatable bonds is 4. The minimum absolute atomic E-state index is 0.0243. The Morgan fingerprint density at radius 1 is 1.15 bits per heavy atom. The number of fused-ring (bicyclic) bond motifs is 1. The summed E-state index contributed by atoms with van der Waals surface area (Å²) in [5, 5.41) is 2.76. The van der Waals surface area contributed by atoms with Gasteiger partial charge in [-0.1, -0.05) is 29.8 Å². The van der Waals surface area contributed by atoms with E-state index in [2.05, 4.69) is 10.3 Å². The quantitative estimate of drug-likeness (QED) is 0.680. The summed E-state index contributed by atoms with van der Waals surface area (Å²) in [5.74, 6) is -0.317. The van der Waals surface area contributed by atoms with Crippen molar-refractivity contribution in [3.63, 3.8) is 0 Å². The zero-order valence-electron chi connectivity index (χ0n) is 14.6. The van der Waals surface area contributed by atoms with Gasteiger partial charge in [0.05, 0.1) is 0 Å². The van der Waals surface area contributed by atoms with E-state index in [0.29, 0.717) is 6.54 Å². The lowest BCUT2D eigenvalue weighted by Gasteiger charge is -2.09. The summed E-state index contributed by atoms with van der Waals surface area (Å²) in [6.45, 7) is 2.18. The van der Waals surface area contributed by atoms with Crippen LogP contribution in [0.25, 0.3) is 11.2 Å². The Morgan fingerprint density at radius 2 is 1.81 bits per heavy atom. The molecule has 0 aliphatic heterocycles. The van der Waals surface area contributed by atoms with Gasteiger partial charge in [0.1, 0.15) is 6.54 Å². The standard InChI is InChI=1S/C17H18ClN5O3/c1-10-4-6-11(7-5-10)8-19-12(24)9-23-13-14(20-16(23)18)21(2)17(26)22(3)15(13)25/h4-7H,8-9H2,1-3H3,(H,19,24). The van der Waals surface area contributed by atoms with Crippen molar-refractivity contribution in [1.29, 1.82) is 0 Å². The number of aromatic nitrogens is 4. The molecule has 0 fully saturated rings. The minimum Gasteiger partial charge on any atom is -0.350 e. The van der Waals surface area contributed by atoms with Crippen molar-refractivity contribution in [3.05, 3.63) is 61.5 Å². The maximum Gasteiger partial charge on any atom is 0.332 e. The lowest BCUT2D eigenvalue weighted by atomic mass is 10.1. The Hall–Kier alpha value is -2.87. The highest BCUT2D eigenvalue weighted by Gasteiger charge is 2.19. The number of benzene rings is 1. The van der Waals surface area contributed by atoms with Gasteiger partial charge in [-0.05, 0) is 24.1 Å². The van der Waals surface area contributed by atoms with Crippen molar-refractivity contribution in [2.24, 2.45) is 14.1 Å². The molecule has 0 spiro atoms. The molecule has 9 heteroatoms. The lowest BCUT2D eigenvalue weighted by Crippen LogP contribution is -2.38. The molecule has 1 amide bonds. The average molecular weight is 376 g/mol. The third-order valence-corrected chi connectivity index (χ3v) is 4.50. The van der Waals surface area contributed by atoms with Crippen LogP contribution in [0.3, 0.4) is 0 Å². The van der Waals surface area contributed by atoms with Gasteiger partial charge in [0.2, 0.25) is 11.2 Å². The molecule has 0 saturated heterocycles. The van der Waals surface area contributed by atoms with Gasteiger partial charge in [0, 0.05) is 20.6 Å². The summed E-state index contributed by atoms with van der Waals surface area (Å²) in [5.41, 5.74) is 1.31. The molecule has 0 aliphatic rings. The summed E-state index contributed by atoms with van der Waals surface area (Å²) < 4.78 is 3.49. The van der Waals surface area contributed by atoms with Gasteiger partial charge in [-0.25, -0.2) is 4.79 Å². The fourth-order valence-corrected chi connectivity index (χ4v) is 2.89. The number of hydrogen-bond donors (Lipinski definition) is 1. The number of carbonyl (C=O) groups excluding carboxylic acids is 1. The fourth-order valence-electron chi connectivity index (χ4n) is 2.67. The van der Waals surface area contributed by atoms with Crippen LogP contribution in [0.15, 0.2) is 33.9 Å². The number of carbonyl (C=O) groups is 1. The summed E-state index contributed by atoms with van der Waals surface area (Å²) in [7, 11) is 2.86. The smallest absolute Gasteiger partial charge is 0.332 e. The van der Waals surface area contributed by atoms with E-state index in [-0.39, 0.29) is 28.9 Å². The topological polar surface area (TPSA) is 90.9 Å². The molecule has 0 atom stereocenters. The zero-order chi connectivity index (χ0) is 19.0. The van der Waals surface area contributed by atoms with E-state index in [0.717, 1.165) is 15.7 Å². The molecular weight excluding hydrogens is 358 g/mol. The molecule has 8 nitrogen and oxygen atoms in total. The van der Waals surface area contributed by atoms with Crippen molar-refractivity contribution in [2.75, 3.05) is 0 Å². The summed E-state index contributed by atoms with van der Waals surface area (Å²) in [4.78, 5) is 40.8. The van der Waals surface area contributed by atoms with E-state index in [1.807, 2.05) is 31.2 Å². The van der Waals surface area contributed by atoms with Crippen LogP contribution in [0, 0.1) is 6.92 Å². The van der Waals surface area contributed by atoms with E-state index >= 15 is 0 Å². The van der Waals surface area contributed by atoms with E-state index in [1.165, 1.54) is 23.2 Å². The van der Waals surface area contributed by atoms with Gasteiger partial charge >= 0.3 is 5.69 Å². The van der Waals surface area contributed by atoms with E-state index in [1.54, 1.807) is 0 Å². The average Bonchev–Trinajstić information content (AvgIpc) is 2.94. The third kappa shape index (κ3) is 3.15. The molecule has 3 aromatic rings. The Morgan fingerprint density at radius 3 is 2.46 bits per heavy atom. The van der Waals surface area contributed by atoms with Crippen molar-refractivity contribution < 1.29 is 4.79 Å². The molecule has 0 unspecified atom stereocenters. The Labute approximate surface area is 153 Å². The maximum absolute atomic E-state index is 12.4. The molecule has 26 heavy (non-hydrogen) atoms. The van der Waals surface area contributed by atoms with Gasteiger partial charge in [-0.15, -0.1) is 0 Å². The molecule has 136 valence electrons. The summed E-state index contributed by atoms with van der Waals surface area (Å²) in [6.07, 6.45) is 0. The van der Waals surface area contributed by atoms with Gasteiger partial charge in [-0.3, -0.25) is 23.3 Å². The van der Waals surface area contributed by atoms with Crippen LogP contribution in [0.2, 0.25) is 5.28 Å². The lowest BCUT2D eigenvalue weighted by molar-refractivity contribution is -0.121. The highest BCUT2D eigenvalue weighted by molar-refractivity contribution is 6.29. The number of amides is 1. The molecule has 0 saturated carbocycles. The van der Waals surface area contributed by atoms with Crippen LogP contribution < -0.4 is 16.6 Å². The Balaban J connectivity index is 1.88. The highest BCUT2D eigenvalue weighted by atomic mass is 35.5. The largest absolute Gasteiger partial charge is 0.350 e. The first-order valence-corrected chi connectivity index (χ1v) is 8.31. The number of halogens is 1. The molecule has 3 rings (SSSR count). The van der Waals surface area contributed by atoms with Crippen LogP contribution in [-0.4, -0.2) is 24.6 Å². The number of nitrogens with zero attached hydrogens (tertiary/aromatic N) is 4. The molecule has 2 aromatic heterocycles. The van der Waals surface area contributed by atoms with E-state index < -0.39 is 11.2 Å². The summed E-state index contributed by atoms with van der Waals surface area (Å²) in [6, 6.07) is 7.79. The second-order valence-electron chi connectivity index (χ2n) is 6.11. The van der Waals surface area contributed by atoms with Crippen LogP contribution in [0.4, 0.5) is 0 Å². The first-order chi connectivity index (χ1) is 12.3. The van der Waals surface area contributed by atoms with Crippen LogP contribution >= 0.6 is 11.6 Å². The van der Waals surface area contributed by atoms with Gasteiger partial charge in [0.25, 0.3) is 5.56 Å². The van der Waals surface area contributed by atoms with Gasteiger partial charge < -0.3 is 5.32 Å². The monoisotopic (exact) mass is 375 g/mol. The van der Waals surface area contributed by atoms with Crippen LogP contribution in [0.1, 0.15) is 11.1 Å². The first-order valence-electron chi connectivity index (χ1n) is 7.93. The van der Waals surface area contributed by atoms with E-state index in [9.17, 15) is 14.4 Å². The molecular formula is C17H18ClN5O3. The third-order valence-electron chi connectivity index (χ3n) is 4.21. The van der Waals surface area contributed by atoms with Crippen molar-refractivity contribution in [3.8, 4) is 0 Å². The Bertz CT molecular complexity index is 1110. The van der Waals surface area contributed by atoms with Crippen molar-refractivity contribution in [1.82, 2.24) is 24.0 Å². The molecule has 1 aromatic carbocycles. The van der Waals surface area contributed by atoms with Crippen molar-refractivity contribution in [2.45, 2.75) is 20.0 Å². The minimum atomic E-state index is -0.547. The van der Waals surface area contributed by atoms with Gasteiger partial charge in [-0.2, -0.15) is 4.98 Å². The number of hydrogen-bond acceptors (Lipinski definition) is 4. The number of aryl methyl sites for hydroxylation is 2. The SMILES string of the molecule is Cc1ccc(CNC(=O)Cn2c(Cl)nc3c2c(=O)n(C)c(=O)n3C)cc1. The second kappa shape index (κ2) is 6.80. The fraction of sp³-hybridized carbons (Fsp3) is 0.294. The predicted octanol–water partition coefficient (Wildman–Crippen LogP) is 0.712. The highest BCUT2D eigenvalue weighted by Crippen LogP contribution is 2.15. The van der Waals surface area contributed by atoms with Crippen molar-refractivity contribution >= 4 is 28.7 Å². The first kappa shape index (κ1) is 17.9. The molecule has 0 radical (unpaired) electrons. The van der Waals surface area contributed by atoms with Crippen LogP contribution in [0.5, 0.6) is 0 Å². The van der Waals surface area contributed by atoms with E-state index in [4.69, 9.17) is 11.6 Å². The molecule has 0 aliphatic carbocycles. The number of nitrogens with one attached hydrogen (secondary N) is 1. The number of imidazole rings is 1. The molecule has 1 N–H and O–H groups in total. The molecule has 2 heterocycles. The summed E-state index contributed by atoms with van der Waals surface area (Å²) >= 11 is 6.10. The second-order valence-corrected chi connectivity index (χ2v) is 6.45. The Kier molecular flexibility index (Phi) is 4.69.